The Bertz CT molecular complexity index is 477. The first-order valence-corrected chi connectivity index (χ1v) is 7.95. The van der Waals surface area contributed by atoms with Gasteiger partial charge in [-0.25, -0.2) is 0 Å². The Morgan fingerprint density at radius 2 is 1.81 bits per heavy atom. The maximum Gasteiger partial charge on any atom is 0.230 e. The van der Waals surface area contributed by atoms with Crippen LogP contribution in [-0.2, 0) is 4.79 Å². The zero-order valence-electron chi connectivity index (χ0n) is 13.5. The minimum Gasteiger partial charge on any atom is -0.386 e. The van der Waals surface area contributed by atoms with E-state index in [1.165, 1.54) is 0 Å². The quantitative estimate of drug-likeness (QED) is 0.905. The van der Waals surface area contributed by atoms with E-state index in [2.05, 4.69) is 13.8 Å². The average molecular weight is 289 g/mol. The standard InChI is InChI=1S/C18H27NO2/c1-5-14(4)16(15-9-7-6-8-10-15)17(20)19-11-18(21,12-19)13(2)3/h6-10,13-14,16,21H,5,11-12H2,1-4H3. The van der Waals surface area contributed by atoms with Crippen molar-refractivity contribution in [2.75, 3.05) is 13.1 Å². The molecule has 1 aromatic rings. The molecule has 3 nitrogen and oxygen atoms in total. The number of amides is 1. The van der Waals surface area contributed by atoms with Crippen molar-refractivity contribution in [3.05, 3.63) is 35.9 Å². The molecule has 0 aromatic heterocycles. The third-order valence-corrected chi connectivity index (χ3v) is 4.95. The van der Waals surface area contributed by atoms with Crippen molar-refractivity contribution < 1.29 is 9.90 Å². The molecule has 1 N–H and O–H groups in total. The summed E-state index contributed by atoms with van der Waals surface area (Å²) in [6.07, 6.45) is 0.966. The highest BCUT2D eigenvalue weighted by molar-refractivity contribution is 5.85. The molecule has 0 aliphatic carbocycles. The van der Waals surface area contributed by atoms with Crippen LogP contribution in [0.2, 0.25) is 0 Å². The fourth-order valence-corrected chi connectivity index (χ4v) is 2.94. The van der Waals surface area contributed by atoms with Gasteiger partial charge in [0.05, 0.1) is 19.0 Å². The zero-order valence-corrected chi connectivity index (χ0v) is 13.5. The van der Waals surface area contributed by atoms with Gasteiger partial charge in [-0.1, -0.05) is 64.4 Å². The smallest absolute Gasteiger partial charge is 0.230 e. The molecule has 1 aliphatic rings. The molecule has 2 unspecified atom stereocenters. The van der Waals surface area contributed by atoms with Crippen LogP contribution in [-0.4, -0.2) is 34.6 Å². The van der Waals surface area contributed by atoms with Gasteiger partial charge in [-0.05, 0) is 17.4 Å². The largest absolute Gasteiger partial charge is 0.386 e. The lowest BCUT2D eigenvalue weighted by Gasteiger charge is -2.50. The van der Waals surface area contributed by atoms with E-state index >= 15 is 0 Å². The Hall–Kier alpha value is -1.35. The number of carbonyl (C=O) groups excluding carboxylic acids is 1. The van der Waals surface area contributed by atoms with Gasteiger partial charge in [0.25, 0.3) is 0 Å². The molecule has 0 bridgehead atoms. The summed E-state index contributed by atoms with van der Waals surface area (Å²) in [7, 11) is 0. The first-order chi connectivity index (χ1) is 9.89. The van der Waals surface area contributed by atoms with Crippen LogP contribution in [0.4, 0.5) is 0 Å². The minimum atomic E-state index is -0.702. The molecule has 1 fully saturated rings. The van der Waals surface area contributed by atoms with Crippen LogP contribution in [0.25, 0.3) is 0 Å². The number of hydrogen-bond acceptors (Lipinski definition) is 2. The van der Waals surface area contributed by atoms with Gasteiger partial charge in [-0.2, -0.15) is 0 Å². The number of likely N-dealkylation sites (tertiary alicyclic amines) is 1. The van der Waals surface area contributed by atoms with Crippen molar-refractivity contribution in [3.63, 3.8) is 0 Å². The van der Waals surface area contributed by atoms with E-state index in [4.69, 9.17) is 0 Å². The second-order valence-electron chi connectivity index (χ2n) is 6.73. The third kappa shape index (κ3) is 3.13. The van der Waals surface area contributed by atoms with Crippen molar-refractivity contribution in [3.8, 4) is 0 Å². The van der Waals surface area contributed by atoms with Crippen molar-refractivity contribution in [1.82, 2.24) is 4.90 Å². The molecule has 3 heteroatoms. The van der Waals surface area contributed by atoms with Crippen LogP contribution in [0.15, 0.2) is 30.3 Å². The number of hydrogen-bond donors (Lipinski definition) is 1. The van der Waals surface area contributed by atoms with Gasteiger partial charge in [0, 0.05) is 0 Å². The van der Waals surface area contributed by atoms with Crippen molar-refractivity contribution >= 4 is 5.91 Å². The molecule has 1 saturated heterocycles. The molecule has 0 radical (unpaired) electrons. The number of benzene rings is 1. The lowest BCUT2D eigenvalue weighted by molar-refractivity contribution is -0.166. The SMILES string of the molecule is CCC(C)C(C(=O)N1CC(O)(C(C)C)C1)c1ccccc1. The Kier molecular flexibility index (Phi) is 4.72. The number of aliphatic hydroxyl groups is 1. The molecule has 1 aromatic carbocycles. The van der Waals surface area contributed by atoms with Gasteiger partial charge in [-0.15, -0.1) is 0 Å². The molecule has 2 atom stereocenters. The molecule has 0 saturated carbocycles. The number of β-amino-alcohol motifs (C(OH)–C–C–N with tert-alkyl or cyclic N) is 1. The lowest BCUT2D eigenvalue weighted by Crippen LogP contribution is -2.66. The lowest BCUT2D eigenvalue weighted by atomic mass is 9.79. The molecule has 2 rings (SSSR count). The molecule has 1 amide bonds. The monoisotopic (exact) mass is 289 g/mol. The predicted molar refractivity (Wildman–Crippen MR) is 85.0 cm³/mol. The maximum atomic E-state index is 12.9. The van der Waals surface area contributed by atoms with Gasteiger partial charge in [-0.3, -0.25) is 4.79 Å². The molecule has 1 aliphatic heterocycles. The fraction of sp³-hybridized carbons (Fsp3) is 0.611. The highest BCUT2D eigenvalue weighted by atomic mass is 16.3. The Morgan fingerprint density at radius 3 is 2.29 bits per heavy atom. The molecule has 1 heterocycles. The van der Waals surface area contributed by atoms with Gasteiger partial charge in [0.2, 0.25) is 5.91 Å². The summed E-state index contributed by atoms with van der Waals surface area (Å²) >= 11 is 0. The van der Waals surface area contributed by atoms with Gasteiger partial charge < -0.3 is 10.0 Å². The van der Waals surface area contributed by atoms with Crippen LogP contribution in [0, 0.1) is 11.8 Å². The maximum absolute atomic E-state index is 12.9. The van der Waals surface area contributed by atoms with Gasteiger partial charge in [0.15, 0.2) is 0 Å². The molecule has 0 spiro atoms. The van der Waals surface area contributed by atoms with E-state index in [0.29, 0.717) is 19.0 Å². The Morgan fingerprint density at radius 1 is 1.24 bits per heavy atom. The predicted octanol–water partition coefficient (Wildman–Crippen LogP) is 3.05. The number of carbonyl (C=O) groups is 1. The number of rotatable bonds is 5. The minimum absolute atomic E-state index is 0.104. The van der Waals surface area contributed by atoms with E-state index in [1.54, 1.807) is 0 Å². The van der Waals surface area contributed by atoms with E-state index in [1.807, 2.05) is 49.1 Å². The average Bonchev–Trinajstić information content (AvgIpc) is 2.44. The summed E-state index contributed by atoms with van der Waals surface area (Å²) < 4.78 is 0. The molecule has 116 valence electrons. The van der Waals surface area contributed by atoms with E-state index in [0.717, 1.165) is 12.0 Å². The highest BCUT2D eigenvalue weighted by Crippen LogP contribution is 2.35. The Labute approximate surface area is 128 Å². The summed E-state index contributed by atoms with van der Waals surface area (Å²) in [6, 6.07) is 10.0. The zero-order chi connectivity index (χ0) is 15.6. The molecular formula is C18H27NO2. The second-order valence-corrected chi connectivity index (χ2v) is 6.73. The fourth-order valence-electron chi connectivity index (χ4n) is 2.94. The summed E-state index contributed by atoms with van der Waals surface area (Å²) in [4.78, 5) is 14.7. The van der Waals surface area contributed by atoms with Gasteiger partial charge >= 0.3 is 0 Å². The number of nitrogens with zero attached hydrogens (tertiary/aromatic N) is 1. The van der Waals surface area contributed by atoms with E-state index in [9.17, 15) is 9.90 Å². The molecular weight excluding hydrogens is 262 g/mol. The van der Waals surface area contributed by atoms with E-state index < -0.39 is 5.60 Å². The normalized spacial score (nSPS) is 20.0. The van der Waals surface area contributed by atoms with Gasteiger partial charge in [0.1, 0.15) is 5.60 Å². The second kappa shape index (κ2) is 6.18. The van der Waals surface area contributed by atoms with Crippen LogP contribution in [0.3, 0.4) is 0 Å². The molecule has 21 heavy (non-hydrogen) atoms. The first-order valence-electron chi connectivity index (χ1n) is 7.95. The van der Waals surface area contributed by atoms with Crippen molar-refractivity contribution in [2.45, 2.75) is 45.6 Å². The van der Waals surface area contributed by atoms with E-state index in [-0.39, 0.29) is 17.7 Å². The summed E-state index contributed by atoms with van der Waals surface area (Å²) in [5.41, 5.74) is 0.378. The van der Waals surface area contributed by atoms with Crippen LogP contribution in [0.1, 0.15) is 45.6 Å². The highest BCUT2D eigenvalue weighted by Gasteiger charge is 2.47. The Balaban J connectivity index is 2.14. The van der Waals surface area contributed by atoms with Crippen molar-refractivity contribution in [2.24, 2.45) is 11.8 Å². The van der Waals surface area contributed by atoms with Crippen LogP contribution < -0.4 is 0 Å². The first kappa shape index (κ1) is 16.0. The van der Waals surface area contributed by atoms with Crippen molar-refractivity contribution in [1.29, 1.82) is 0 Å². The summed E-state index contributed by atoms with van der Waals surface area (Å²) in [6.45, 7) is 9.18. The topological polar surface area (TPSA) is 40.5 Å². The van der Waals surface area contributed by atoms with Crippen LogP contribution in [0.5, 0.6) is 0 Å². The third-order valence-electron chi connectivity index (χ3n) is 4.95. The van der Waals surface area contributed by atoms with Crippen LogP contribution >= 0.6 is 0 Å². The summed E-state index contributed by atoms with van der Waals surface area (Å²) in [5, 5.41) is 10.4. The summed E-state index contributed by atoms with van der Waals surface area (Å²) in [5.74, 6) is 0.529.